The molecule has 0 saturated carbocycles. The second-order valence-electron chi connectivity index (χ2n) is 21.7. The zero-order valence-electron chi connectivity index (χ0n) is 47.7. The summed E-state index contributed by atoms with van der Waals surface area (Å²) in [6.45, 7) is 4.88. The van der Waals surface area contributed by atoms with E-state index in [0.717, 1.165) is 51.4 Å². The van der Waals surface area contributed by atoms with Crippen LogP contribution >= 0.6 is 0 Å². The van der Waals surface area contributed by atoms with Gasteiger partial charge in [-0.25, -0.2) is 0 Å². The van der Waals surface area contributed by atoms with Gasteiger partial charge in [0.05, 0.1) is 25.4 Å². The standard InChI is InChI=1S/C65H123NO5/c1-3-5-7-9-11-13-15-17-19-20-24-27-30-33-37-41-45-49-53-57-63(68)62(61-67)66-64(69)58-54-50-46-42-38-34-31-28-25-22-21-23-26-29-32-36-40-44-48-52-56-60-71-65(70)59-55-51-47-43-39-35-18-16-14-12-10-8-6-4-2/h10,12,16,18,53,57,62-63,67-68H,3-9,11,13-15,17,19-52,54-56,58-61H2,1-2H3,(H,66,69)/b12-10-,18-16-,57-53+. The number of hydrogen-bond acceptors (Lipinski definition) is 5. The summed E-state index contributed by atoms with van der Waals surface area (Å²) in [5.41, 5.74) is 0. The van der Waals surface area contributed by atoms with Crippen LogP contribution in [0.3, 0.4) is 0 Å². The van der Waals surface area contributed by atoms with Gasteiger partial charge in [-0.2, -0.15) is 0 Å². The normalized spacial score (nSPS) is 12.8. The fourth-order valence-corrected chi connectivity index (χ4v) is 9.77. The summed E-state index contributed by atoms with van der Waals surface area (Å²) < 4.78 is 5.47. The van der Waals surface area contributed by atoms with Crippen molar-refractivity contribution in [2.45, 2.75) is 353 Å². The van der Waals surface area contributed by atoms with E-state index in [1.54, 1.807) is 6.08 Å². The van der Waals surface area contributed by atoms with Crippen LogP contribution in [-0.4, -0.2) is 47.4 Å². The van der Waals surface area contributed by atoms with Crippen LogP contribution in [0.1, 0.15) is 341 Å². The van der Waals surface area contributed by atoms with Crippen LogP contribution in [0, 0.1) is 0 Å². The van der Waals surface area contributed by atoms with Crippen molar-refractivity contribution >= 4 is 11.9 Å². The highest BCUT2D eigenvalue weighted by Crippen LogP contribution is 2.18. The minimum atomic E-state index is -0.846. The third-order valence-electron chi connectivity index (χ3n) is 14.7. The molecule has 0 bridgehead atoms. The zero-order valence-corrected chi connectivity index (χ0v) is 47.7. The van der Waals surface area contributed by atoms with Gasteiger partial charge >= 0.3 is 5.97 Å². The number of aliphatic hydroxyl groups is 2. The van der Waals surface area contributed by atoms with Crippen molar-refractivity contribution in [2.75, 3.05) is 13.2 Å². The lowest BCUT2D eigenvalue weighted by Crippen LogP contribution is -2.45. The second kappa shape index (κ2) is 60.6. The molecule has 0 aliphatic rings. The summed E-state index contributed by atoms with van der Waals surface area (Å²) in [7, 11) is 0. The van der Waals surface area contributed by atoms with Crippen molar-refractivity contribution < 1.29 is 24.5 Å². The van der Waals surface area contributed by atoms with Crippen LogP contribution in [0.5, 0.6) is 0 Å². The van der Waals surface area contributed by atoms with E-state index >= 15 is 0 Å². The van der Waals surface area contributed by atoms with E-state index in [4.69, 9.17) is 4.74 Å². The van der Waals surface area contributed by atoms with Gasteiger partial charge in [-0.1, -0.05) is 307 Å². The third-order valence-corrected chi connectivity index (χ3v) is 14.7. The molecule has 0 aromatic carbocycles. The molecule has 0 rings (SSSR count). The molecule has 1 amide bonds. The number of aliphatic hydroxyl groups excluding tert-OH is 2. The van der Waals surface area contributed by atoms with Crippen LogP contribution in [-0.2, 0) is 14.3 Å². The number of amides is 1. The molecule has 0 spiro atoms. The molecule has 0 heterocycles. The first-order chi connectivity index (χ1) is 35.0. The summed E-state index contributed by atoms with van der Waals surface area (Å²) >= 11 is 0. The molecule has 0 saturated heterocycles. The molecule has 6 heteroatoms. The number of unbranched alkanes of at least 4 members (excludes halogenated alkanes) is 44. The van der Waals surface area contributed by atoms with E-state index in [1.807, 2.05) is 6.08 Å². The predicted molar refractivity (Wildman–Crippen MR) is 310 cm³/mol. The smallest absolute Gasteiger partial charge is 0.305 e. The first-order valence-corrected chi connectivity index (χ1v) is 31.8. The number of esters is 1. The maximum Gasteiger partial charge on any atom is 0.305 e. The van der Waals surface area contributed by atoms with Crippen LogP contribution in [0.2, 0.25) is 0 Å². The number of hydrogen-bond donors (Lipinski definition) is 3. The van der Waals surface area contributed by atoms with Gasteiger partial charge < -0.3 is 20.3 Å². The van der Waals surface area contributed by atoms with Gasteiger partial charge in [-0.15, -0.1) is 0 Å². The summed E-state index contributed by atoms with van der Waals surface area (Å²) in [6, 6.07) is -0.630. The number of nitrogens with one attached hydrogen (secondary N) is 1. The highest BCUT2D eigenvalue weighted by Gasteiger charge is 2.18. The van der Waals surface area contributed by atoms with Crippen LogP contribution in [0.15, 0.2) is 36.5 Å². The Morgan fingerprint density at radius 2 is 0.718 bits per heavy atom. The van der Waals surface area contributed by atoms with E-state index in [2.05, 4.69) is 43.5 Å². The molecule has 0 aromatic rings. The number of carbonyl (C=O) groups is 2. The molecular formula is C65H123NO5. The van der Waals surface area contributed by atoms with Gasteiger partial charge in [0, 0.05) is 12.8 Å². The van der Waals surface area contributed by atoms with Crippen LogP contribution in [0.4, 0.5) is 0 Å². The largest absolute Gasteiger partial charge is 0.466 e. The van der Waals surface area contributed by atoms with Gasteiger partial charge in [0.25, 0.3) is 0 Å². The first kappa shape index (κ1) is 69.1. The topological polar surface area (TPSA) is 95.9 Å². The highest BCUT2D eigenvalue weighted by molar-refractivity contribution is 5.76. The fraction of sp³-hybridized carbons (Fsp3) is 0.877. The molecule has 2 atom stereocenters. The number of rotatable bonds is 59. The van der Waals surface area contributed by atoms with Crippen molar-refractivity contribution in [3.05, 3.63) is 36.5 Å². The van der Waals surface area contributed by atoms with Crippen molar-refractivity contribution in [3.63, 3.8) is 0 Å². The lowest BCUT2D eigenvalue weighted by atomic mass is 10.0. The maximum atomic E-state index is 12.5. The van der Waals surface area contributed by atoms with Crippen molar-refractivity contribution in [1.29, 1.82) is 0 Å². The molecule has 0 aliphatic heterocycles. The van der Waals surface area contributed by atoms with Crippen molar-refractivity contribution in [1.82, 2.24) is 5.32 Å². The predicted octanol–water partition coefficient (Wildman–Crippen LogP) is 20.0. The summed E-state index contributed by atoms with van der Waals surface area (Å²) in [5.74, 6) is -0.0698. The molecule has 2 unspecified atom stereocenters. The summed E-state index contributed by atoms with van der Waals surface area (Å²) in [4.78, 5) is 24.5. The third kappa shape index (κ3) is 57.2. The Kier molecular flexibility index (Phi) is 59.0. The maximum absolute atomic E-state index is 12.5. The number of allylic oxidation sites excluding steroid dienone is 5. The van der Waals surface area contributed by atoms with Crippen molar-refractivity contribution in [3.8, 4) is 0 Å². The van der Waals surface area contributed by atoms with E-state index < -0.39 is 12.1 Å². The molecule has 0 radical (unpaired) electrons. The van der Waals surface area contributed by atoms with Gasteiger partial charge in [-0.3, -0.25) is 9.59 Å². The minimum absolute atomic E-state index is 0.00307. The lowest BCUT2D eigenvalue weighted by molar-refractivity contribution is -0.143. The monoisotopic (exact) mass is 998 g/mol. The molecule has 6 nitrogen and oxygen atoms in total. The van der Waals surface area contributed by atoms with Crippen LogP contribution < -0.4 is 5.32 Å². The lowest BCUT2D eigenvalue weighted by Gasteiger charge is -2.20. The summed E-state index contributed by atoms with van der Waals surface area (Å²) in [5, 5.41) is 23.2. The van der Waals surface area contributed by atoms with E-state index in [-0.39, 0.29) is 18.5 Å². The van der Waals surface area contributed by atoms with E-state index in [9.17, 15) is 19.8 Å². The Labute approximate surface area is 443 Å². The fourth-order valence-electron chi connectivity index (χ4n) is 9.77. The molecule has 0 aliphatic carbocycles. The Hall–Kier alpha value is -1.92. The van der Waals surface area contributed by atoms with Crippen LogP contribution in [0.25, 0.3) is 0 Å². The highest BCUT2D eigenvalue weighted by atomic mass is 16.5. The zero-order chi connectivity index (χ0) is 51.4. The molecular weight excluding hydrogens is 875 g/mol. The van der Waals surface area contributed by atoms with Gasteiger partial charge in [0.15, 0.2) is 0 Å². The second-order valence-corrected chi connectivity index (χ2v) is 21.7. The Morgan fingerprint density at radius 1 is 0.394 bits per heavy atom. The SMILES string of the molecule is CCCC/C=C\C/C=C\CCCCCCCC(=O)OCCCCCCCCCCCCCCCCCCCCCCCC(=O)NC(CO)C(O)/C=C/CCCCCCCCCCCCCCCCCCC. The molecule has 71 heavy (non-hydrogen) atoms. The van der Waals surface area contributed by atoms with E-state index in [0.29, 0.717) is 19.4 Å². The van der Waals surface area contributed by atoms with Gasteiger partial charge in [0.2, 0.25) is 5.91 Å². The molecule has 3 N–H and O–H groups in total. The quantitative estimate of drug-likeness (QED) is 0.0321. The van der Waals surface area contributed by atoms with Crippen molar-refractivity contribution in [2.24, 2.45) is 0 Å². The molecule has 0 fully saturated rings. The molecule has 418 valence electrons. The number of ether oxygens (including phenoxy) is 1. The van der Waals surface area contributed by atoms with Gasteiger partial charge in [0.1, 0.15) is 0 Å². The van der Waals surface area contributed by atoms with E-state index in [1.165, 1.54) is 263 Å². The average Bonchev–Trinajstić information content (AvgIpc) is 3.37. The Morgan fingerprint density at radius 3 is 1.11 bits per heavy atom. The molecule has 0 aromatic heterocycles. The van der Waals surface area contributed by atoms with Gasteiger partial charge in [-0.05, 0) is 57.8 Å². The first-order valence-electron chi connectivity index (χ1n) is 31.8. The minimum Gasteiger partial charge on any atom is -0.466 e. The Bertz CT molecular complexity index is 1150. The summed E-state index contributed by atoms with van der Waals surface area (Å²) in [6.07, 6.45) is 76.1. The number of carbonyl (C=O) groups excluding carboxylic acids is 2. The average molecular weight is 999 g/mol. The Balaban J connectivity index is 3.42.